The summed E-state index contributed by atoms with van der Waals surface area (Å²) in [7, 11) is 0. The average molecular weight is 279 g/mol. The predicted molar refractivity (Wildman–Crippen MR) is 51.5 cm³/mol. The summed E-state index contributed by atoms with van der Waals surface area (Å²) in [5, 5.41) is 0. The van der Waals surface area contributed by atoms with Gasteiger partial charge in [0.2, 0.25) is 0 Å². The van der Waals surface area contributed by atoms with E-state index in [-0.39, 0.29) is 11.9 Å². The first-order valence-electron chi connectivity index (χ1n) is 3.56. The fraction of sp³-hybridized carbons (Fsp3) is 0.250. The van der Waals surface area contributed by atoms with Gasteiger partial charge in [-0.25, -0.2) is 4.39 Å². The van der Waals surface area contributed by atoms with Gasteiger partial charge < -0.3 is 10.5 Å². The average Bonchev–Trinajstić information content (AvgIpc) is 2.41. The topological polar surface area (TPSA) is 35.2 Å². The van der Waals surface area contributed by atoms with Crippen molar-refractivity contribution in [3.8, 4) is 5.75 Å². The molecule has 0 aromatic heterocycles. The maximum Gasteiger partial charge on any atom is 0.145 e. The van der Waals surface area contributed by atoms with Gasteiger partial charge in [-0.2, -0.15) is 0 Å². The molecule has 0 radical (unpaired) electrons. The lowest BCUT2D eigenvalue weighted by molar-refractivity contribution is 0.333. The monoisotopic (exact) mass is 279 g/mol. The van der Waals surface area contributed by atoms with Crippen LogP contribution in [0.3, 0.4) is 0 Å². The Hall–Kier alpha value is -0.360. The summed E-state index contributed by atoms with van der Waals surface area (Å²) >= 11 is 1.94. The molecule has 0 unspecified atom stereocenters. The van der Waals surface area contributed by atoms with Crippen molar-refractivity contribution in [1.82, 2.24) is 0 Å². The van der Waals surface area contributed by atoms with Crippen LogP contribution in [0.4, 0.5) is 4.39 Å². The number of ether oxygens (including phenoxy) is 1. The second-order valence-corrected chi connectivity index (χ2v) is 3.85. The zero-order chi connectivity index (χ0) is 8.72. The lowest BCUT2D eigenvalue weighted by Gasteiger charge is -2.03. The van der Waals surface area contributed by atoms with Crippen molar-refractivity contribution in [2.45, 2.75) is 6.04 Å². The Kier molecular flexibility index (Phi) is 1.96. The molecule has 1 heterocycles. The van der Waals surface area contributed by atoms with E-state index in [9.17, 15) is 4.39 Å². The molecule has 1 atom stereocenters. The molecule has 0 fully saturated rings. The Morgan fingerprint density at radius 3 is 3.08 bits per heavy atom. The highest BCUT2D eigenvalue weighted by molar-refractivity contribution is 14.1. The van der Waals surface area contributed by atoms with Crippen LogP contribution in [0.2, 0.25) is 0 Å². The number of hydrogen-bond acceptors (Lipinski definition) is 2. The summed E-state index contributed by atoms with van der Waals surface area (Å²) in [5.41, 5.74) is 6.16. The zero-order valence-corrected chi connectivity index (χ0v) is 8.34. The second kappa shape index (κ2) is 2.85. The molecule has 1 aromatic carbocycles. The van der Waals surface area contributed by atoms with Gasteiger partial charge in [0, 0.05) is 3.57 Å². The van der Waals surface area contributed by atoms with Gasteiger partial charge in [0.15, 0.2) is 0 Å². The standard InChI is InChI=1S/C8H7FINO/c9-8-4(10)1-2-6-7(8)5(11)3-12-6/h1-2,5H,3,11H2/t5-/m0/s1. The minimum Gasteiger partial charge on any atom is -0.491 e. The maximum atomic E-state index is 13.4. The van der Waals surface area contributed by atoms with Crippen molar-refractivity contribution in [1.29, 1.82) is 0 Å². The molecule has 2 N–H and O–H groups in total. The molecule has 0 saturated heterocycles. The van der Waals surface area contributed by atoms with Gasteiger partial charge >= 0.3 is 0 Å². The maximum absolute atomic E-state index is 13.4. The van der Waals surface area contributed by atoms with Gasteiger partial charge in [-0.1, -0.05) is 0 Å². The van der Waals surface area contributed by atoms with E-state index in [0.29, 0.717) is 21.5 Å². The first-order chi connectivity index (χ1) is 5.70. The van der Waals surface area contributed by atoms with E-state index in [2.05, 4.69) is 0 Å². The van der Waals surface area contributed by atoms with Crippen LogP contribution in [0, 0.1) is 9.39 Å². The minimum atomic E-state index is -0.310. The minimum absolute atomic E-state index is 0.238. The van der Waals surface area contributed by atoms with Gasteiger partial charge in [0.25, 0.3) is 0 Å². The van der Waals surface area contributed by atoms with Crippen LogP contribution in [0.1, 0.15) is 11.6 Å². The van der Waals surface area contributed by atoms with Crippen molar-refractivity contribution < 1.29 is 9.13 Å². The third-order valence-corrected chi connectivity index (χ3v) is 2.71. The van der Waals surface area contributed by atoms with Crippen LogP contribution >= 0.6 is 22.6 Å². The summed E-state index contributed by atoms with van der Waals surface area (Å²) in [6.45, 7) is 0.381. The molecule has 4 heteroatoms. The number of fused-ring (bicyclic) bond motifs is 1. The van der Waals surface area contributed by atoms with Crippen molar-refractivity contribution in [2.24, 2.45) is 5.73 Å². The molecule has 1 aliphatic rings. The summed E-state index contributed by atoms with van der Waals surface area (Å²) in [4.78, 5) is 0. The molecule has 1 aromatic rings. The van der Waals surface area contributed by atoms with E-state index in [1.165, 1.54) is 0 Å². The highest BCUT2D eigenvalue weighted by Gasteiger charge is 2.25. The van der Waals surface area contributed by atoms with Crippen LogP contribution in [0.15, 0.2) is 12.1 Å². The Bertz CT molecular complexity index is 329. The van der Waals surface area contributed by atoms with Crippen LogP contribution in [0.25, 0.3) is 0 Å². The molecule has 1 aliphatic heterocycles. The Morgan fingerprint density at radius 1 is 1.58 bits per heavy atom. The van der Waals surface area contributed by atoms with E-state index in [0.717, 1.165) is 0 Å². The van der Waals surface area contributed by atoms with Gasteiger partial charge in [0.05, 0.1) is 11.6 Å². The molecule has 2 rings (SSSR count). The largest absolute Gasteiger partial charge is 0.491 e. The smallest absolute Gasteiger partial charge is 0.145 e. The number of halogens is 2. The highest BCUT2D eigenvalue weighted by atomic mass is 127. The normalized spacial score (nSPS) is 20.4. The van der Waals surface area contributed by atoms with Crippen LogP contribution < -0.4 is 10.5 Å². The molecule has 0 saturated carbocycles. The third kappa shape index (κ3) is 1.09. The van der Waals surface area contributed by atoms with Crippen molar-refractivity contribution in [3.05, 3.63) is 27.1 Å². The lowest BCUT2D eigenvalue weighted by atomic mass is 10.1. The number of benzene rings is 1. The highest BCUT2D eigenvalue weighted by Crippen LogP contribution is 2.34. The molecular weight excluding hydrogens is 272 g/mol. The molecule has 64 valence electrons. The molecule has 0 spiro atoms. The van der Waals surface area contributed by atoms with Crippen molar-refractivity contribution in [3.63, 3.8) is 0 Å². The first-order valence-corrected chi connectivity index (χ1v) is 4.64. The quantitative estimate of drug-likeness (QED) is 0.735. The number of hydrogen-bond donors (Lipinski definition) is 1. The third-order valence-electron chi connectivity index (χ3n) is 1.88. The molecule has 2 nitrogen and oxygen atoms in total. The van der Waals surface area contributed by atoms with E-state index < -0.39 is 0 Å². The predicted octanol–water partition coefficient (Wildman–Crippen LogP) is 1.82. The summed E-state index contributed by atoms with van der Waals surface area (Å²) in [5.74, 6) is 0.346. The SMILES string of the molecule is N[C@H]1COc2ccc(I)c(F)c21. The van der Waals surface area contributed by atoms with Crippen molar-refractivity contribution >= 4 is 22.6 Å². The van der Waals surface area contributed by atoms with E-state index in [1.54, 1.807) is 12.1 Å². The Labute approximate surface area is 83.0 Å². The van der Waals surface area contributed by atoms with Gasteiger partial charge in [-0.05, 0) is 34.7 Å². The van der Waals surface area contributed by atoms with E-state index >= 15 is 0 Å². The van der Waals surface area contributed by atoms with E-state index in [1.807, 2.05) is 22.6 Å². The summed E-state index contributed by atoms with van der Waals surface area (Å²) in [6.07, 6.45) is 0. The van der Waals surface area contributed by atoms with Crippen LogP contribution in [0.5, 0.6) is 5.75 Å². The lowest BCUT2D eigenvalue weighted by Crippen LogP contribution is -2.12. The number of rotatable bonds is 0. The Balaban J connectivity index is 2.63. The van der Waals surface area contributed by atoms with Crippen LogP contribution in [-0.4, -0.2) is 6.61 Å². The molecule has 0 aliphatic carbocycles. The fourth-order valence-corrected chi connectivity index (χ4v) is 1.75. The zero-order valence-electron chi connectivity index (χ0n) is 6.18. The summed E-state index contributed by atoms with van der Waals surface area (Å²) in [6, 6.07) is 3.13. The first kappa shape index (κ1) is 8.25. The van der Waals surface area contributed by atoms with Gasteiger partial charge in [-0.15, -0.1) is 0 Å². The van der Waals surface area contributed by atoms with Gasteiger partial charge in [-0.3, -0.25) is 0 Å². The molecule has 12 heavy (non-hydrogen) atoms. The molecule has 0 bridgehead atoms. The van der Waals surface area contributed by atoms with Crippen molar-refractivity contribution in [2.75, 3.05) is 6.61 Å². The molecule has 0 amide bonds. The number of nitrogens with two attached hydrogens (primary N) is 1. The molecular formula is C8H7FINO. The Morgan fingerprint density at radius 2 is 2.33 bits per heavy atom. The van der Waals surface area contributed by atoms with Crippen LogP contribution in [-0.2, 0) is 0 Å². The van der Waals surface area contributed by atoms with Gasteiger partial charge in [0.1, 0.15) is 18.2 Å². The van der Waals surface area contributed by atoms with E-state index in [4.69, 9.17) is 10.5 Å². The second-order valence-electron chi connectivity index (χ2n) is 2.69. The summed E-state index contributed by atoms with van der Waals surface area (Å²) < 4.78 is 19.2. The fourth-order valence-electron chi connectivity index (χ4n) is 1.28.